The fraction of sp³-hybridized carbons (Fsp3) is 0. The topological polar surface area (TPSA) is 51.6 Å². The van der Waals surface area contributed by atoms with Gasteiger partial charge in [0, 0.05) is 47.8 Å². The van der Waals surface area contributed by atoms with Crippen molar-refractivity contribution in [1.29, 1.82) is 0 Å². The molecule has 3 aromatic heterocycles. The number of hydrogen-bond acceptors (Lipinski definition) is 5. The largest absolute Gasteiger partial charge is 0.248 e. The van der Waals surface area contributed by atoms with E-state index in [2.05, 4.69) is 121 Å². The van der Waals surface area contributed by atoms with Gasteiger partial charge in [-0.1, -0.05) is 152 Å². The fourth-order valence-corrected chi connectivity index (χ4v) is 8.34. The van der Waals surface area contributed by atoms with Crippen molar-refractivity contribution >= 4 is 42.4 Å². The molecule has 0 fully saturated rings. The van der Waals surface area contributed by atoms with Crippen LogP contribution in [0.4, 0.5) is 0 Å². The number of nitrogens with zero attached hydrogens (tertiary/aromatic N) is 4. The Hall–Kier alpha value is -6.82. The molecule has 0 aliphatic rings. The number of aromatic nitrogens is 4. The van der Waals surface area contributed by atoms with Gasteiger partial charge in [-0.2, -0.15) is 0 Å². The molecule has 5 heteroatoms. The fourth-order valence-electron chi connectivity index (χ4n) is 7.17. The third kappa shape index (κ3) is 5.74. The van der Waals surface area contributed by atoms with Crippen LogP contribution in [0.2, 0.25) is 0 Å². The average Bonchev–Trinajstić information content (AvgIpc) is 3.62. The molecule has 248 valence electrons. The van der Waals surface area contributed by atoms with Gasteiger partial charge in [0.05, 0.1) is 11.2 Å². The lowest BCUT2D eigenvalue weighted by atomic mass is 9.96. The standard InChI is InChI=1S/C48H30N4S/c1-4-14-31(15-5-1)40-30-42(49-41-24-11-10-22-38(40)41)35-26-27-39-44(29-35)53-43-25-13-23-37(45(39)43)34-20-12-21-36(28-34)48-51-46(32-16-6-2-7-17-32)50-47(52-48)33-18-8-3-9-19-33/h1-30H. The molecule has 0 aliphatic heterocycles. The molecule has 0 saturated heterocycles. The van der Waals surface area contributed by atoms with Gasteiger partial charge in [-0.05, 0) is 52.6 Å². The second-order valence-corrected chi connectivity index (χ2v) is 14.1. The molecule has 0 bridgehead atoms. The Bertz CT molecular complexity index is 2880. The van der Waals surface area contributed by atoms with E-state index in [0.29, 0.717) is 17.5 Å². The Morgan fingerprint density at radius 1 is 0.321 bits per heavy atom. The normalized spacial score (nSPS) is 11.4. The van der Waals surface area contributed by atoms with Crippen molar-refractivity contribution in [2.75, 3.05) is 0 Å². The minimum absolute atomic E-state index is 0.643. The lowest BCUT2D eigenvalue weighted by molar-refractivity contribution is 1.07. The Balaban J connectivity index is 1.08. The predicted octanol–water partition coefficient (Wildman–Crippen LogP) is 12.8. The van der Waals surface area contributed by atoms with E-state index in [0.717, 1.165) is 44.4 Å². The van der Waals surface area contributed by atoms with E-state index in [1.165, 1.54) is 36.9 Å². The summed E-state index contributed by atoms with van der Waals surface area (Å²) in [5.74, 6) is 1.95. The molecule has 3 heterocycles. The van der Waals surface area contributed by atoms with Crippen molar-refractivity contribution in [3.05, 3.63) is 182 Å². The minimum atomic E-state index is 0.643. The summed E-state index contributed by atoms with van der Waals surface area (Å²) in [6, 6.07) is 63.4. The maximum absolute atomic E-state index is 5.14. The first-order valence-electron chi connectivity index (χ1n) is 17.6. The number of pyridine rings is 1. The first-order valence-corrected chi connectivity index (χ1v) is 18.5. The summed E-state index contributed by atoms with van der Waals surface area (Å²) >= 11 is 1.82. The SMILES string of the molecule is c1ccc(-c2nc(-c3ccccc3)nc(-c3cccc(-c4cccc5sc6cc(-c7cc(-c8ccccc8)c8ccccc8n7)ccc6c45)c3)n2)cc1. The summed E-state index contributed by atoms with van der Waals surface area (Å²) < 4.78 is 2.48. The Morgan fingerprint density at radius 2 is 0.906 bits per heavy atom. The van der Waals surface area contributed by atoms with Crippen LogP contribution in [0.3, 0.4) is 0 Å². The molecule has 0 spiro atoms. The van der Waals surface area contributed by atoms with Crippen LogP contribution in [0.1, 0.15) is 0 Å². The molecule has 7 aromatic carbocycles. The van der Waals surface area contributed by atoms with Crippen molar-refractivity contribution in [3.63, 3.8) is 0 Å². The number of para-hydroxylation sites is 1. The van der Waals surface area contributed by atoms with E-state index >= 15 is 0 Å². The van der Waals surface area contributed by atoms with Crippen molar-refractivity contribution in [2.45, 2.75) is 0 Å². The highest BCUT2D eigenvalue weighted by Crippen LogP contribution is 2.42. The first-order chi connectivity index (χ1) is 26.2. The van der Waals surface area contributed by atoms with E-state index in [-0.39, 0.29) is 0 Å². The summed E-state index contributed by atoms with van der Waals surface area (Å²) in [5, 5.41) is 3.64. The quantitative estimate of drug-likeness (QED) is 0.174. The lowest BCUT2D eigenvalue weighted by Crippen LogP contribution is -2.00. The second-order valence-electron chi connectivity index (χ2n) is 13.0. The van der Waals surface area contributed by atoms with E-state index in [1.807, 2.05) is 72.0 Å². The van der Waals surface area contributed by atoms with Crippen LogP contribution in [0.5, 0.6) is 0 Å². The first kappa shape index (κ1) is 31.0. The van der Waals surface area contributed by atoms with Gasteiger partial charge >= 0.3 is 0 Å². The average molecular weight is 695 g/mol. The highest BCUT2D eigenvalue weighted by Gasteiger charge is 2.16. The Morgan fingerprint density at radius 3 is 1.62 bits per heavy atom. The highest BCUT2D eigenvalue weighted by molar-refractivity contribution is 7.26. The molecule has 10 rings (SSSR count). The minimum Gasteiger partial charge on any atom is -0.248 e. The van der Waals surface area contributed by atoms with Crippen LogP contribution in [0, 0.1) is 0 Å². The Labute approximate surface area is 310 Å². The smallest absolute Gasteiger partial charge is 0.164 e. The van der Waals surface area contributed by atoms with Gasteiger partial charge in [0.1, 0.15) is 0 Å². The summed E-state index contributed by atoms with van der Waals surface area (Å²) in [5.41, 5.74) is 10.6. The van der Waals surface area contributed by atoms with Crippen molar-refractivity contribution < 1.29 is 0 Å². The number of hydrogen-bond donors (Lipinski definition) is 0. The van der Waals surface area contributed by atoms with Gasteiger partial charge in [0.2, 0.25) is 0 Å². The number of fused-ring (bicyclic) bond motifs is 4. The number of benzene rings is 7. The van der Waals surface area contributed by atoms with Crippen LogP contribution >= 0.6 is 11.3 Å². The monoisotopic (exact) mass is 694 g/mol. The van der Waals surface area contributed by atoms with Gasteiger partial charge in [0.25, 0.3) is 0 Å². The van der Waals surface area contributed by atoms with Crippen LogP contribution < -0.4 is 0 Å². The van der Waals surface area contributed by atoms with E-state index in [9.17, 15) is 0 Å². The van der Waals surface area contributed by atoms with Gasteiger partial charge in [-0.3, -0.25) is 0 Å². The molecule has 10 aromatic rings. The van der Waals surface area contributed by atoms with E-state index in [4.69, 9.17) is 19.9 Å². The van der Waals surface area contributed by atoms with Crippen LogP contribution in [0.25, 0.3) is 98.7 Å². The number of rotatable bonds is 6. The summed E-state index contributed by atoms with van der Waals surface area (Å²) in [4.78, 5) is 20.0. The van der Waals surface area contributed by atoms with Crippen molar-refractivity contribution in [2.24, 2.45) is 0 Å². The van der Waals surface area contributed by atoms with Crippen molar-refractivity contribution in [3.8, 4) is 67.7 Å². The predicted molar refractivity (Wildman–Crippen MR) is 221 cm³/mol. The van der Waals surface area contributed by atoms with Crippen LogP contribution in [0.15, 0.2) is 182 Å². The molecule has 4 nitrogen and oxygen atoms in total. The van der Waals surface area contributed by atoms with Crippen LogP contribution in [-0.4, -0.2) is 19.9 Å². The molecule has 0 saturated carbocycles. The molecule has 0 N–H and O–H groups in total. The van der Waals surface area contributed by atoms with Gasteiger partial charge in [-0.25, -0.2) is 19.9 Å². The van der Waals surface area contributed by atoms with Crippen LogP contribution in [-0.2, 0) is 0 Å². The molecule has 53 heavy (non-hydrogen) atoms. The molecular weight excluding hydrogens is 665 g/mol. The zero-order valence-corrected chi connectivity index (χ0v) is 29.3. The summed E-state index contributed by atoms with van der Waals surface area (Å²) in [6.45, 7) is 0. The Kier molecular flexibility index (Phi) is 7.63. The molecule has 0 amide bonds. The lowest BCUT2D eigenvalue weighted by Gasteiger charge is -2.11. The third-order valence-electron chi connectivity index (χ3n) is 9.72. The third-order valence-corrected chi connectivity index (χ3v) is 10.8. The molecule has 0 radical (unpaired) electrons. The van der Waals surface area contributed by atoms with Gasteiger partial charge in [-0.15, -0.1) is 11.3 Å². The zero-order chi connectivity index (χ0) is 35.1. The molecule has 0 aliphatic carbocycles. The summed E-state index contributed by atoms with van der Waals surface area (Å²) in [7, 11) is 0. The van der Waals surface area contributed by atoms with E-state index in [1.54, 1.807) is 0 Å². The maximum atomic E-state index is 5.14. The molecular formula is C48H30N4S. The zero-order valence-electron chi connectivity index (χ0n) is 28.5. The maximum Gasteiger partial charge on any atom is 0.164 e. The molecule has 0 unspecified atom stereocenters. The second kappa shape index (κ2) is 13.1. The van der Waals surface area contributed by atoms with E-state index < -0.39 is 0 Å². The molecule has 0 atom stereocenters. The summed E-state index contributed by atoms with van der Waals surface area (Å²) in [6.07, 6.45) is 0. The number of thiophene rings is 1. The highest BCUT2D eigenvalue weighted by atomic mass is 32.1. The van der Waals surface area contributed by atoms with Gasteiger partial charge in [0.15, 0.2) is 17.5 Å². The van der Waals surface area contributed by atoms with Gasteiger partial charge < -0.3 is 0 Å². The van der Waals surface area contributed by atoms with Crippen molar-refractivity contribution in [1.82, 2.24) is 19.9 Å².